The van der Waals surface area contributed by atoms with Crippen LogP contribution in [0.5, 0.6) is 5.75 Å². The Kier molecular flexibility index (Phi) is 11.9. The number of hydrogen-bond acceptors (Lipinski definition) is 5. The maximum absolute atomic E-state index is 13.1. The summed E-state index contributed by atoms with van der Waals surface area (Å²) in [5, 5.41) is 9.42. The molecule has 2 aromatic carbocycles. The van der Waals surface area contributed by atoms with Gasteiger partial charge in [-0.3, -0.25) is 9.59 Å². The monoisotopic (exact) mass is 468 g/mol. The van der Waals surface area contributed by atoms with Crippen molar-refractivity contribution in [2.45, 2.75) is 71.6 Å². The molecule has 1 N–H and O–H groups in total. The fraction of sp³-hybridized carbons (Fsp3) is 0.464. The summed E-state index contributed by atoms with van der Waals surface area (Å²) in [6.07, 6.45) is 9.52. The largest absolute Gasteiger partial charge is 0.493 e. The van der Waals surface area contributed by atoms with Crippen molar-refractivity contribution in [3.8, 4) is 5.75 Å². The summed E-state index contributed by atoms with van der Waals surface area (Å²) in [4.78, 5) is 36.7. The van der Waals surface area contributed by atoms with E-state index >= 15 is 0 Å². The van der Waals surface area contributed by atoms with Crippen molar-refractivity contribution in [2.24, 2.45) is 0 Å². The molecule has 0 unspecified atom stereocenters. The standard InChI is InChI=1S/C28H36O6/c1-3-5-6-7-8-9-10-13-18-34-25-17-16-21(19-22(25)20-26(29)33-4-2)27(30)23-14-11-12-15-24(23)28(31)32/h11-12,14-17,19H,3-10,13,18,20H2,1-2H3,(H,31,32). The lowest BCUT2D eigenvalue weighted by Gasteiger charge is -2.13. The molecule has 0 bridgehead atoms. The smallest absolute Gasteiger partial charge is 0.336 e. The molecule has 0 fully saturated rings. The van der Waals surface area contributed by atoms with Crippen LogP contribution in [0.4, 0.5) is 0 Å². The molecule has 0 aromatic heterocycles. The molecule has 0 spiro atoms. The number of carboxylic acids is 1. The molecule has 0 heterocycles. The number of esters is 1. The van der Waals surface area contributed by atoms with Gasteiger partial charge in [-0.2, -0.15) is 0 Å². The highest BCUT2D eigenvalue weighted by Crippen LogP contribution is 2.24. The van der Waals surface area contributed by atoms with Gasteiger partial charge in [0.05, 0.1) is 25.2 Å². The third-order valence-corrected chi connectivity index (χ3v) is 5.62. The molecule has 34 heavy (non-hydrogen) atoms. The normalized spacial score (nSPS) is 10.6. The van der Waals surface area contributed by atoms with Crippen molar-refractivity contribution in [1.29, 1.82) is 0 Å². The number of aromatic carboxylic acids is 1. The zero-order chi connectivity index (χ0) is 24.8. The molecule has 0 aliphatic carbocycles. The van der Waals surface area contributed by atoms with Gasteiger partial charge in [-0.1, -0.05) is 70.1 Å². The van der Waals surface area contributed by atoms with Crippen LogP contribution in [0.2, 0.25) is 0 Å². The van der Waals surface area contributed by atoms with E-state index in [0.29, 0.717) is 23.5 Å². The van der Waals surface area contributed by atoms with E-state index < -0.39 is 17.7 Å². The number of benzene rings is 2. The first kappa shape index (κ1) is 27.1. The van der Waals surface area contributed by atoms with Crippen LogP contribution < -0.4 is 4.74 Å². The molecule has 0 atom stereocenters. The van der Waals surface area contributed by atoms with E-state index in [1.807, 2.05) is 0 Å². The molecule has 0 aliphatic heterocycles. The number of carbonyl (C=O) groups excluding carboxylic acids is 2. The van der Waals surface area contributed by atoms with E-state index in [4.69, 9.17) is 9.47 Å². The van der Waals surface area contributed by atoms with Crippen molar-refractivity contribution < 1.29 is 29.0 Å². The lowest BCUT2D eigenvalue weighted by atomic mass is 9.96. The van der Waals surface area contributed by atoms with Crippen LogP contribution in [0.3, 0.4) is 0 Å². The Morgan fingerprint density at radius 3 is 2.12 bits per heavy atom. The van der Waals surface area contributed by atoms with Crippen molar-refractivity contribution in [1.82, 2.24) is 0 Å². The first-order valence-corrected chi connectivity index (χ1v) is 12.3. The molecular weight excluding hydrogens is 432 g/mol. The Hall–Kier alpha value is -3.15. The van der Waals surface area contributed by atoms with Crippen LogP contribution in [0.25, 0.3) is 0 Å². The van der Waals surface area contributed by atoms with Gasteiger partial charge in [0.15, 0.2) is 5.78 Å². The molecule has 6 heteroatoms. The third-order valence-electron chi connectivity index (χ3n) is 5.62. The SMILES string of the molecule is CCCCCCCCCCOc1ccc(C(=O)c2ccccc2C(=O)O)cc1CC(=O)OCC. The van der Waals surface area contributed by atoms with Gasteiger partial charge in [0.1, 0.15) is 5.75 Å². The minimum atomic E-state index is -1.17. The van der Waals surface area contributed by atoms with Crippen molar-refractivity contribution in [2.75, 3.05) is 13.2 Å². The highest BCUT2D eigenvalue weighted by molar-refractivity contribution is 6.14. The molecule has 6 nitrogen and oxygen atoms in total. The number of hydrogen-bond donors (Lipinski definition) is 1. The van der Waals surface area contributed by atoms with Crippen molar-refractivity contribution >= 4 is 17.7 Å². The van der Waals surface area contributed by atoms with E-state index in [1.165, 1.54) is 50.7 Å². The van der Waals surface area contributed by atoms with E-state index in [0.717, 1.165) is 12.8 Å². The second-order valence-electron chi connectivity index (χ2n) is 8.31. The highest BCUT2D eigenvalue weighted by atomic mass is 16.5. The zero-order valence-electron chi connectivity index (χ0n) is 20.3. The Labute approximate surface area is 202 Å². The Bertz CT molecular complexity index is 950. The van der Waals surface area contributed by atoms with Gasteiger partial charge >= 0.3 is 11.9 Å². The van der Waals surface area contributed by atoms with Crippen molar-refractivity contribution in [3.05, 3.63) is 64.7 Å². The molecule has 184 valence electrons. The van der Waals surface area contributed by atoms with E-state index in [1.54, 1.807) is 37.3 Å². The summed E-state index contributed by atoms with van der Waals surface area (Å²) in [6, 6.07) is 11.0. The summed E-state index contributed by atoms with van der Waals surface area (Å²) in [5.41, 5.74) is 0.892. The van der Waals surface area contributed by atoms with E-state index in [2.05, 4.69) is 6.92 Å². The molecule has 2 rings (SSSR count). The summed E-state index contributed by atoms with van der Waals surface area (Å²) in [6.45, 7) is 4.74. The summed E-state index contributed by atoms with van der Waals surface area (Å²) in [7, 11) is 0. The average Bonchev–Trinajstić information content (AvgIpc) is 2.83. The fourth-order valence-electron chi connectivity index (χ4n) is 3.81. The Morgan fingerprint density at radius 1 is 0.824 bits per heavy atom. The predicted octanol–water partition coefficient (Wildman–Crippen LogP) is 6.24. The highest BCUT2D eigenvalue weighted by Gasteiger charge is 2.20. The second-order valence-corrected chi connectivity index (χ2v) is 8.31. The predicted molar refractivity (Wildman–Crippen MR) is 132 cm³/mol. The van der Waals surface area contributed by atoms with E-state index in [9.17, 15) is 19.5 Å². The van der Waals surface area contributed by atoms with Gasteiger partial charge in [-0.05, 0) is 37.6 Å². The Balaban J connectivity index is 2.08. The number of unbranched alkanes of at least 4 members (excludes halogenated alkanes) is 7. The molecule has 0 saturated heterocycles. The number of carboxylic acid groups (broad SMARTS) is 1. The van der Waals surface area contributed by atoms with Crippen molar-refractivity contribution in [3.63, 3.8) is 0 Å². The number of ketones is 1. The van der Waals surface area contributed by atoms with Crippen LogP contribution >= 0.6 is 0 Å². The van der Waals surface area contributed by atoms with Crippen LogP contribution in [-0.2, 0) is 16.0 Å². The molecule has 2 aromatic rings. The fourth-order valence-corrected chi connectivity index (χ4v) is 3.81. The van der Waals surface area contributed by atoms with Gasteiger partial charge in [0.25, 0.3) is 0 Å². The van der Waals surface area contributed by atoms with Gasteiger partial charge in [0.2, 0.25) is 0 Å². The maximum Gasteiger partial charge on any atom is 0.336 e. The molecule has 0 aliphatic rings. The molecule has 0 radical (unpaired) electrons. The minimum absolute atomic E-state index is 0.0255. The topological polar surface area (TPSA) is 89.9 Å². The average molecular weight is 469 g/mol. The minimum Gasteiger partial charge on any atom is -0.493 e. The summed E-state index contributed by atoms with van der Waals surface area (Å²) in [5.74, 6) is -1.45. The van der Waals surface area contributed by atoms with Crippen LogP contribution in [-0.4, -0.2) is 36.0 Å². The molecule has 0 amide bonds. The Morgan fingerprint density at radius 2 is 1.47 bits per heavy atom. The van der Waals surface area contributed by atoms with Gasteiger partial charge in [-0.15, -0.1) is 0 Å². The first-order valence-electron chi connectivity index (χ1n) is 12.3. The maximum atomic E-state index is 13.1. The first-order chi connectivity index (χ1) is 16.5. The zero-order valence-corrected chi connectivity index (χ0v) is 20.3. The lowest BCUT2D eigenvalue weighted by Crippen LogP contribution is -2.12. The quantitative estimate of drug-likeness (QED) is 0.178. The third kappa shape index (κ3) is 8.65. The lowest BCUT2D eigenvalue weighted by molar-refractivity contribution is -0.142. The second kappa shape index (κ2) is 14.9. The number of carbonyl (C=O) groups is 3. The van der Waals surface area contributed by atoms with Gasteiger partial charge in [0, 0.05) is 16.7 Å². The van der Waals surface area contributed by atoms with Crippen LogP contribution in [0, 0.1) is 0 Å². The number of ether oxygens (including phenoxy) is 2. The summed E-state index contributed by atoms with van der Waals surface area (Å²) < 4.78 is 11.0. The van der Waals surface area contributed by atoms with Crippen LogP contribution in [0.1, 0.15) is 97.1 Å². The van der Waals surface area contributed by atoms with E-state index in [-0.39, 0.29) is 24.2 Å². The molecule has 0 saturated carbocycles. The van der Waals surface area contributed by atoms with Gasteiger partial charge < -0.3 is 14.6 Å². The van der Waals surface area contributed by atoms with Gasteiger partial charge in [-0.25, -0.2) is 4.79 Å². The molecular formula is C28H36O6. The number of rotatable bonds is 16. The van der Waals surface area contributed by atoms with Crippen LogP contribution in [0.15, 0.2) is 42.5 Å². The summed E-state index contributed by atoms with van der Waals surface area (Å²) >= 11 is 0.